The molecule has 1 aliphatic heterocycles. The third-order valence-electron chi connectivity index (χ3n) is 2.53. The van der Waals surface area contributed by atoms with Crippen LogP contribution >= 0.6 is 0 Å². The van der Waals surface area contributed by atoms with Gasteiger partial charge in [-0.1, -0.05) is 0 Å². The zero-order valence-corrected chi connectivity index (χ0v) is 10.8. The quantitative estimate of drug-likeness (QED) is 0.698. The van der Waals surface area contributed by atoms with E-state index in [4.69, 9.17) is 4.74 Å². The molecule has 0 N–H and O–H groups in total. The number of Topliss-reactive ketones (excluding diaryl/α,β-unsaturated/α-hetero) is 2. The first-order chi connectivity index (χ1) is 7.70. The van der Waals surface area contributed by atoms with Crippen LogP contribution in [-0.2, 0) is 14.3 Å². The first-order valence-corrected chi connectivity index (χ1v) is 5.72. The smallest absolute Gasteiger partial charge is 0.410 e. The molecule has 1 saturated heterocycles. The van der Waals surface area contributed by atoms with Crippen LogP contribution in [0.1, 0.15) is 40.5 Å². The second kappa shape index (κ2) is 4.85. The van der Waals surface area contributed by atoms with E-state index in [1.807, 2.05) is 0 Å². The molecule has 0 spiro atoms. The fraction of sp³-hybridized carbons (Fsp3) is 0.750. The van der Waals surface area contributed by atoms with Gasteiger partial charge in [0, 0.05) is 19.4 Å². The van der Waals surface area contributed by atoms with E-state index in [9.17, 15) is 14.4 Å². The van der Waals surface area contributed by atoms with Crippen LogP contribution in [0.15, 0.2) is 0 Å². The maximum Gasteiger partial charge on any atom is 0.410 e. The average molecular weight is 241 g/mol. The molecule has 1 fully saturated rings. The first-order valence-electron chi connectivity index (χ1n) is 5.72. The number of amides is 1. The third-order valence-corrected chi connectivity index (χ3v) is 2.53. The van der Waals surface area contributed by atoms with E-state index in [0.717, 1.165) is 0 Å². The molecule has 5 heteroatoms. The lowest BCUT2D eigenvalue weighted by atomic mass is 9.98. The molecule has 1 heterocycles. The number of likely N-dealkylation sites (tertiary alicyclic amines) is 1. The van der Waals surface area contributed by atoms with Gasteiger partial charge in [0.15, 0.2) is 5.78 Å². The van der Waals surface area contributed by atoms with Gasteiger partial charge < -0.3 is 4.74 Å². The van der Waals surface area contributed by atoms with Crippen LogP contribution in [-0.4, -0.2) is 40.7 Å². The van der Waals surface area contributed by atoms with Gasteiger partial charge in [-0.3, -0.25) is 14.5 Å². The van der Waals surface area contributed by atoms with E-state index < -0.39 is 17.7 Å². The molecule has 0 aromatic carbocycles. The number of hydrogen-bond acceptors (Lipinski definition) is 4. The number of carbonyl (C=O) groups excluding carboxylic acids is 3. The Balaban J connectivity index is 2.76. The monoisotopic (exact) mass is 241 g/mol. The molecular weight excluding hydrogens is 222 g/mol. The Morgan fingerprint density at radius 3 is 2.41 bits per heavy atom. The van der Waals surface area contributed by atoms with E-state index in [0.29, 0.717) is 6.42 Å². The summed E-state index contributed by atoms with van der Waals surface area (Å²) in [6.45, 7) is 6.95. The van der Waals surface area contributed by atoms with Crippen LogP contribution < -0.4 is 0 Å². The van der Waals surface area contributed by atoms with Crippen molar-refractivity contribution in [2.24, 2.45) is 0 Å². The summed E-state index contributed by atoms with van der Waals surface area (Å²) >= 11 is 0. The maximum atomic E-state index is 11.9. The van der Waals surface area contributed by atoms with Crippen molar-refractivity contribution in [1.82, 2.24) is 4.90 Å². The zero-order chi connectivity index (χ0) is 13.2. The Morgan fingerprint density at radius 2 is 1.94 bits per heavy atom. The molecule has 0 aliphatic carbocycles. The molecule has 0 radical (unpaired) electrons. The SMILES string of the molecule is CC(=O)[C@@H]1CC(=O)CCN1C(=O)OC(C)(C)C. The van der Waals surface area contributed by atoms with Crippen molar-refractivity contribution < 1.29 is 19.1 Å². The van der Waals surface area contributed by atoms with Crippen molar-refractivity contribution in [2.75, 3.05) is 6.54 Å². The molecule has 0 saturated carbocycles. The molecule has 0 aromatic rings. The predicted molar refractivity (Wildman–Crippen MR) is 61.7 cm³/mol. The van der Waals surface area contributed by atoms with E-state index >= 15 is 0 Å². The highest BCUT2D eigenvalue weighted by Crippen LogP contribution is 2.19. The van der Waals surface area contributed by atoms with Crippen LogP contribution in [0.25, 0.3) is 0 Å². The van der Waals surface area contributed by atoms with Gasteiger partial charge >= 0.3 is 6.09 Å². The lowest BCUT2D eigenvalue weighted by molar-refractivity contribution is -0.131. The molecule has 17 heavy (non-hydrogen) atoms. The van der Waals surface area contributed by atoms with Crippen molar-refractivity contribution in [2.45, 2.75) is 52.2 Å². The van der Waals surface area contributed by atoms with Gasteiger partial charge in [0.1, 0.15) is 17.4 Å². The number of rotatable bonds is 1. The average Bonchev–Trinajstić information content (AvgIpc) is 2.14. The highest BCUT2D eigenvalue weighted by atomic mass is 16.6. The normalized spacial score (nSPS) is 21.3. The number of nitrogens with zero attached hydrogens (tertiary/aromatic N) is 1. The summed E-state index contributed by atoms with van der Waals surface area (Å²) in [4.78, 5) is 36.0. The number of piperidine rings is 1. The Bertz CT molecular complexity index is 343. The summed E-state index contributed by atoms with van der Waals surface area (Å²) in [6.07, 6.45) is -0.123. The molecule has 1 rings (SSSR count). The molecule has 1 atom stereocenters. The molecular formula is C12H19NO4. The summed E-state index contributed by atoms with van der Waals surface area (Å²) in [7, 11) is 0. The van der Waals surface area contributed by atoms with Gasteiger partial charge in [0.05, 0.1) is 0 Å². The van der Waals surface area contributed by atoms with E-state index in [1.54, 1.807) is 20.8 Å². The Labute approximate surface area is 101 Å². The van der Waals surface area contributed by atoms with E-state index in [2.05, 4.69) is 0 Å². The fourth-order valence-corrected chi connectivity index (χ4v) is 1.73. The van der Waals surface area contributed by atoms with Crippen molar-refractivity contribution in [3.05, 3.63) is 0 Å². The molecule has 1 aliphatic rings. The second-order valence-electron chi connectivity index (χ2n) is 5.29. The Kier molecular flexibility index (Phi) is 3.91. The van der Waals surface area contributed by atoms with Crippen LogP contribution in [0.5, 0.6) is 0 Å². The molecule has 0 unspecified atom stereocenters. The molecule has 0 aromatic heterocycles. The van der Waals surface area contributed by atoms with Gasteiger partial charge in [0.2, 0.25) is 0 Å². The van der Waals surface area contributed by atoms with Crippen molar-refractivity contribution in [1.29, 1.82) is 0 Å². The number of ketones is 2. The van der Waals surface area contributed by atoms with Crippen molar-refractivity contribution in [3.63, 3.8) is 0 Å². The van der Waals surface area contributed by atoms with Crippen LogP contribution in [0.3, 0.4) is 0 Å². The highest BCUT2D eigenvalue weighted by molar-refractivity contribution is 5.93. The molecule has 5 nitrogen and oxygen atoms in total. The fourth-order valence-electron chi connectivity index (χ4n) is 1.73. The van der Waals surface area contributed by atoms with Crippen LogP contribution in [0.2, 0.25) is 0 Å². The lowest BCUT2D eigenvalue weighted by Gasteiger charge is -2.34. The largest absolute Gasteiger partial charge is 0.444 e. The summed E-state index contributed by atoms with van der Waals surface area (Å²) in [6, 6.07) is -0.661. The second-order valence-corrected chi connectivity index (χ2v) is 5.29. The van der Waals surface area contributed by atoms with Crippen LogP contribution in [0, 0.1) is 0 Å². The minimum absolute atomic E-state index is 0.0185. The van der Waals surface area contributed by atoms with Gasteiger partial charge in [-0.05, 0) is 27.7 Å². The van der Waals surface area contributed by atoms with Gasteiger partial charge in [-0.15, -0.1) is 0 Å². The minimum Gasteiger partial charge on any atom is -0.444 e. The van der Waals surface area contributed by atoms with E-state index in [1.165, 1.54) is 11.8 Å². The van der Waals surface area contributed by atoms with Crippen molar-refractivity contribution >= 4 is 17.7 Å². The maximum absolute atomic E-state index is 11.9. The van der Waals surface area contributed by atoms with Gasteiger partial charge in [-0.25, -0.2) is 4.79 Å². The zero-order valence-electron chi connectivity index (χ0n) is 10.8. The van der Waals surface area contributed by atoms with Crippen molar-refractivity contribution in [3.8, 4) is 0 Å². The summed E-state index contributed by atoms with van der Waals surface area (Å²) < 4.78 is 5.22. The lowest BCUT2D eigenvalue weighted by Crippen LogP contribution is -2.51. The summed E-state index contributed by atoms with van der Waals surface area (Å²) in [5.41, 5.74) is -0.597. The summed E-state index contributed by atoms with van der Waals surface area (Å²) in [5, 5.41) is 0. The first kappa shape index (κ1) is 13.7. The number of carbonyl (C=O) groups is 3. The summed E-state index contributed by atoms with van der Waals surface area (Å²) in [5.74, 6) is -0.158. The Hall–Kier alpha value is -1.39. The minimum atomic E-state index is -0.661. The van der Waals surface area contributed by atoms with Gasteiger partial charge in [0.25, 0.3) is 0 Å². The predicted octanol–water partition coefficient (Wildman–Crippen LogP) is 1.54. The highest BCUT2D eigenvalue weighted by Gasteiger charge is 2.35. The number of ether oxygens (including phenoxy) is 1. The molecule has 0 bridgehead atoms. The molecule has 1 amide bonds. The van der Waals surface area contributed by atoms with Gasteiger partial charge in [-0.2, -0.15) is 0 Å². The topological polar surface area (TPSA) is 63.7 Å². The molecule has 96 valence electrons. The Morgan fingerprint density at radius 1 is 1.35 bits per heavy atom. The van der Waals surface area contributed by atoms with E-state index in [-0.39, 0.29) is 24.5 Å². The van der Waals surface area contributed by atoms with Crippen LogP contribution in [0.4, 0.5) is 4.79 Å². The standard InChI is InChI=1S/C12H19NO4/c1-8(14)10-7-9(15)5-6-13(10)11(16)17-12(2,3)4/h10H,5-7H2,1-4H3/t10-/m0/s1. The third kappa shape index (κ3) is 3.84. The number of hydrogen-bond donors (Lipinski definition) is 0.